The standard InChI is InChI=1S/C16H25ClN2O/c1-10-6-11(2)8-12(7-10)16(19-18)14-9-13(17)4-5-15(14)20-3/h4-5,9-12,16,19H,6-8,18H2,1-3H3. The molecule has 1 aromatic carbocycles. The van der Waals surface area contributed by atoms with Gasteiger partial charge in [0.25, 0.3) is 0 Å². The summed E-state index contributed by atoms with van der Waals surface area (Å²) in [7, 11) is 1.69. The monoisotopic (exact) mass is 296 g/mol. The van der Waals surface area contributed by atoms with Crippen LogP contribution in [0.3, 0.4) is 0 Å². The lowest BCUT2D eigenvalue weighted by atomic mass is 9.72. The average Bonchev–Trinajstić information content (AvgIpc) is 2.39. The molecule has 2 rings (SSSR count). The van der Waals surface area contributed by atoms with E-state index in [2.05, 4.69) is 19.3 Å². The van der Waals surface area contributed by atoms with Crippen molar-refractivity contribution >= 4 is 11.6 Å². The number of benzene rings is 1. The van der Waals surface area contributed by atoms with Crippen molar-refractivity contribution in [3.8, 4) is 5.75 Å². The van der Waals surface area contributed by atoms with Gasteiger partial charge in [0.15, 0.2) is 0 Å². The Bertz CT molecular complexity index is 442. The largest absolute Gasteiger partial charge is 0.496 e. The van der Waals surface area contributed by atoms with Crippen LogP contribution in [0, 0.1) is 17.8 Å². The molecule has 3 unspecified atom stereocenters. The summed E-state index contributed by atoms with van der Waals surface area (Å²) in [4.78, 5) is 0. The van der Waals surface area contributed by atoms with Crippen LogP contribution in [0.25, 0.3) is 0 Å². The minimum atomic E-state index is 0.0915. The molecular weight excluding hydrogens is 272 g/mol. The van der Waals surface area contributed by atoms with Gasteiger partial charge in [0, 0.05) is 10.6 Å². The van der Waals surface area contributed by atoms with Crippen molar-refractivity contribution in [2.24, 2.45) is 23.6 Å². The van der Waals surface area contributed by atoms with Crippen LogP contribution in [-0.4, -0.2) is 7.11 Å². The SMILES string of the molecule is COc1ccc(Cl)cc1C(NN)C1CC(C)CC(C)C1. The van der Waals surface area contributed by atoms with E-state index in [0.29, 0.717) is 5.92 Å². The van der Waals surface area contributed by atoms with E-state index in [-0.39, 0.29) is 6.04 Å². The number of hydrogen-bond acceptors (Lipinski definition) is 3. The molecule has 0 aliphatic heterocycles. The molecule has 112 valence electrons. The zero-order valence-corrected chi connectivity index (χ0v) is 13.3. The van der Waals surface area contributed by atoms with E-state index in [4.69, 9.17) is 22.2 Å². The van der Waals surface area contributed by atoms with E-state index in [1.165, 1.54) is 19.3 Å². The number of halogens is 1. The predicted molar refractivity (Wildman–Crippen MR) is 83.7 cm³/mol. The molecule has 0 aromatic heterocycles. The summed E-state index contributed by atoms with van der Waals surface area (Å²) in [5.41, 5.74) is 4.06. The summed E-state index contributed by atoms with van der Waals surface area (Å²) in [5, 5.41) is 0.720. The molecule has 3 atom stereocenters. The number of methoxy groups -OCH3 is 1. The second-order valence-corrected chi connectivity index (χ2v) is 6.64. The number of hydrogen-bond donors (Lipinski definition) is 2. The highest BCUT2D eigenvalue weighted by molar-refractivity contribution is 6.30. The summed E-state index contributed by atoms with van der Waals surface area (Å²) in [6.45, 7) is 4.65. The molecule has 1 aliphatic rings. The zero-order valence-electron chi connectivity index (χ0n) is 12.5. The van der Waals surface area contributed by atoms with Crippen LogP contribution >= 0.6 is 11.6 Å². The fraction of sp³-hybridized carbons (Fsp3) is 0.625. The molecule has 1 aromatic rings. The molecule has 0 amide bonds. The third kappa shape index (κ3) is 3.46. The van der Waals surface area contributed by atoms with Crippen molar-refractivity contribution in [2.45, 2.75) is 39.2 Å². The molecule has 1 aliphatic carbocycles. The fourth-order valence-electron chi connectivity index (χ4n) is 3.71. The molecule has 0 heterocycles. The highest BCUT2D eigenvalue weighted by atomic mass is 35.5. The third-order valence-electron chi connectivity index (χ3n) is 4.39. The molecule has 1 fully saturated rings. The second-order valence-electron chi connectivity index (χ2n) is 6.21. The maximum absolute atomic E-state index is 6.15. The van der Waals surface area contributed by atoms with Gasteiger partial charge in [-0.3, -0.25) is 11.3 Å². The van der Waals surface area contributed by atoms with Crippen molar-refractivity contribution in [1.29, 1.82) is 0 Å². The molecule has 0 spiro atoms. The number of hydrazine groups is 1. The van der Waals surface area contributed by atoms with Crippen LogP contribution in [-0.2, 0) is 0 Å². The Labute approximate surface area is 126 Å². The first-order chi connectivity index (χ1) is 9.55. The molecule has 3 N–H and O–H groups in total. The van der Waals surface area contributed by atoms with Crippen LogP contribution in [0.1, 0.15) is 44.7 Å². The first-order valence-electron chi connectivity index (χ1n) is 7.34. The Morgan fingerprint density at radius 1 is 1.25 bits per heavy atom. The first-order valence-corrected chi connectivity index (χ1v) is 7.72. The van der Waals surface area contributed by atoms with E-state index in [0.717, 1.165) is 28.2 Å². The van der Waals surface area contributed by atoms with E-state index in [1.54, 1.807) is 7.11 Å². The van der Waals surface area contributed by atoms with Gasteiger partial charge in [-0.25, -0.2) is 0 Å². The minimum Gasteiger partial charge on any atom is -0.496 e. The molecule has 20 heavy (non-hydrogen) atoms. The van der Waals surface area contributed by atoms with Gasteiger partial charge in [-0.05, 0) is 55.2 Å². The summed E-state index contributed by atoms with van der Waals surface area (Å²) in [5.74, 6) is 8.70. The van der Waals surface area contributed by atoms with Gasteiger partial charge < -0.3 is 4.74 Å². The van der Waals surface area contributed by atoms with Crippen LogP contribution < -0.4 is 16.0 Å². The van der Waals surface area contributed by atoms with Gasteiger partial charge >= 0.3 is 0 Å². The predicted octanol–water partition coefficient (Wildman–Crippen LogP) is 3.93. The quantitative estimate of drug-likeness (QED) is 0.654. The Hall–Kier alpha value is -0.770. The Morgan fingerprint density at radius 2 is 1.90 bits per heavy atom. The molecular formula is C16H25ClN2O. The lowest BCUT2D eigenvalue weighted by molar-refractivity contribution is 0.175. The van der Waals surface area contributed by atoms with Crippen LogP contribution in [0.15, 0.2) is 18.2 Å². The van der Waals surface area contributed by atoms with Gasteiger partial charge in [-0.2, -0.15) is 0 Å². The minimum absolute atomic E-state index is 0.0915. The average molecular weight is 297 g/mol. The van der Waals surface area contributed by atoms with E-state index in [9.17, 15) is 0 Å². The van der Waals surface area contributed by atoms with E-state index in [1.807, 2.05) is 18.2 Å². The van der Waals surface area contributed by atoms with Crippen LogP contribution in [0.4, 0.5) is 0 Å². The van der Waals surface area contributed by atoms with Gasteiger partial charge in [-0.1, -0.05) is 25.4 Å². The maximum Gasteiger partial charge on any atom is 0.123 e. The lowest BCUT2D eigenvalue weighted by Crippen LogP contribution is -2.37. The summed E-state index contributed by atoms with van der Waals surface area (Å²) in [6.07, 6.45) is 3.68. The molecule has 0 radical (unpaired) electrons. The van der Waals surface area contributed by atoms with Crippen molar-refractivity contribution in [3.05, 3.63) is 28.8 Å². The molecule has 0 saturated heterocycles. The van der Waals surface area contributed by atoms with Gasteiger partial charge in [0.05, 0.1) is 13.2 Å². The Kier molecular flexibility index (Phi) is 5.30. The summed E-state index contributed by atoms with van der Waals surface area (Å²) in [6, 6.07) is 5.82. The highest BCUT2D eigenvalue weighted by Gasteiger charge is 2.31. The number of nitrogens with one attached hydrogen (secondary N) is 1. The summed E-state index contributed by atoms with van der Waals surface area (Å²) < 4.78 is 5.47. The number of ether oxygens (including phenoxy) is 1. The first kappa shape index (κ1) is 15.6. The molecule has 4 heteroatoms. The van der Waals surface area contributed by atoms with Gasteiger partial charge in [0.1, 0.15) is 5.75 Å². The third-order valence-corrected chi connectivity index (χ3v) is 4.63. The Balaban J connectivity index is 2.29. The second kappa shape index (κ2) is 6.79. The maximum atomic E-state index is 6.15. The molecule has 3 nitrogen and oxygen atoms in total. The van der Waals surface area contributed by atoms with Crippen molar-refractivity contribution in [1.82, 2.24) is 5.43 Å². The van der Waals surface area contributed by atoms with Crippen LogP contribution in [0.2, 0.25) is 5.02 Å². The summed E-state index contributed by atoms with van der Waals surface area (Å²) >= 11 is 6.15. The highest BCUT2D eigenvalue weighted by Crippen LogP contribution is 2.42. The normalized spacial score (nSPS) is 28.1. The van der Waals surface area contributed by atoms with Crippen molar-refractivity contribution in [3.63, 3.8) is 0 Å². The van der Waals surface area contributed by atoms with Gasteiger partial charge in [0.2, 0.25) is 0 Å². The molecule has 0 bridgehead atoms. The van der Waals surface area contributed by atoms with Crippen molar-refractivity contribution in [2.75, 3.05) is 7.11 Å². The topological polar surface area (TPSA) is 47.3 Å². The molecule has 1 saturated carbocycles. The van der Waals surface area contributed by atoms with Crippen molar-refractivity contribution < 1.29 is 4.74 Å². The van der Waals surface area contributed by atoms with E-state index >= 15 is 0 Å². The van der Waals surface area contributed by atoms with Crippen LogP contribution in [0.5, 0.6) is 5.75 Å². The number of nitrogens with two attached hydrogens (primary N) is 1. The zero-order chi connectivity index (χ0) is 14.7. The fourth-order valence-corrected chi connectivity index (χ4v) is 3.89. The Morgan fingerprint density at radius 3 is 2.45 bits per heavy atom. The number of rotatable bonds is 4. The lowest BCUT2D eigenvalue weighted by Gasteiger charge is -2.36. The smallest absolute Gasteiger partial charge is 0.123 e. The van der Waals surface area contributed by atoms with E-state index < -0.39 is 0 Å². The van der Waals surface area contributed by atoms with Gasteiger partial charge in [-0.15, -0.1) is 0 Å².